The quantitative estimate of drug-likeness (QED) is 0.226. The van der Waals surface area contributed by atoms with Gasteiger partial charge in [-0.25, -0.2) is 13.3 Å². The molecule has 0 bridgehead atoms. The van der Waals surface area contributed by atoms with Crippen LogP contribution in [0.15, 0.2) is 71.6 Å². The predicted molar refractivity (Wildman–Crippen MR) is 136 cm³/mol. The minimum atomic E-state index is -4.19. The molecule has 1 saturated heterocycles. The van der Waals surface area contributed by atoms with Crippen LogP contribution in [0.1, 0.15) is 6.42 Å². The smallest absolute Gasteiger partial charge is 0.252 e. The molecule has 0 N–H and O–H groups in total. The topological polar surface area (TPSA) is 93.2 Å². The number of rotatable bonds is 8. The van der Waals surface area contributed by atoms with Crippen molar-refractivity contribution in [3.63, 3.8) is 0 Å². The van der Waals surface area contributed by atoms with Crippen LogP contribution in [-0.4, -0.2) is 57.6 Å². The SMILES string of the molecule is COC(CN(C1CC(=O)N(c2ccc(I)cc2)C1=O)S(=O)(=O)c1ccc2ccccc2c1)OC. The number of anilines is 1. The van der Waals surface area contributed by atoms with Crippen LogP contribution in [-0.2, 0) is 29.1 Å². The maximum atomic E-state index is 13.8. The van der Waals surface area contributed by atoms with Gasteiger partial charge in [-0.3, -0.25) is 9.59 Å². The van der Waals surface area contributed by atoms with Gasteiger partial charge in [-0.05, 0) is 69.8 Å². The average Bonchev–Trinajstić information content (AvgIpc) is 3.13. The van der Waals surface area contributed by atoms with Gasteiger partial charge >= 0.3 is 0 Å². The highest BCUT2D eigenvalue weighted by Crippen LogP contribution is 2.31. The molecule has 0 spiro atoms. The number of ether oxygens (including phenoxy) is 2. The van der Waals surface area contributed by atoms with Gasteiger partial charge in [-0.15, -0.1) is 0 Å². The van der Waals surface area contributed by atoms with Crippen LogP contribution in [0.25, 0.3) is 10.8 Å². The molecular formula is C24H23IN2O6S. The van der Waals surface area contributed by atoms with Crippen molar-refractivity contribution in [3.05, 3.63) is 70.3 Å². The molecule has 1 unspecified atom stereocenters. The van der Waals surface area contributed by atoms with Gasteiger partial charge in [0.25, 0.3) is 5.91 Å². The molecule has 0 saturated carbocycles. The fourth-order valence-corrected chi connectivity index (χ4v) is 5.91. The molecule has 3 aromatic rings. The number of methoxy groups -OCH3 is 2. The van der Waals surface area contributed by atoms with E-state index in [1.807, 2.05) is 24.3 Å². The fourth-order valence-electron chi connectivity index (χ4n) is 3.95. The number of nitrogens with zero attached hydrogens (tertiary/aromatic N) is 2. The van der Waals surface area contributed by atoms with Crippen molar-refractivity contribution in [1.29, 1.82) is 0 Å². The molecule has 1 aliphatic heterocycles. The third kappa shape index (κ3) is 4.73. The summed E-state index contributed by atoms with van der Waals surface area (Å²) < 4.78 is 40.0. The van der Waals surface area contributed by atoms with E-state index in [-0.39, 0.29) is 17.9 Å². The van der Waals surface area contributed by atoms with Gasteiger partial charge in [-0.1, -0.05) is 30.3 Å². The summed E-state index contributed by atoms with van der Waals surface area (Å²) in [7, 11) is -1.42. The molecule has 1 aliphatic rings. The maximum Gasteiger partial charge on any atom is 0.252 e. The van der Waals surface area contributed by atoms with E-state index in [0.717, 1.165) is 23.5 Å². The molecule has 34 heavy (non-hydrogen) atoms. The van der Waals surface area contributed by atoms with Crippen molar-refractivity contribution < 1.29 is 27.5 Å². The van der Waals surface area contributed by atoms with Crippen LogP contribution < -0.4 is 4.90 Å². The summed E-state index contributed by atoms with van der Waals surface area (Å²) in [4.78, 5) is 27.3. The summed E-state index contributed by atoms with van der Waals surface area (Å²) >= 11 is 2.13. The number of sulfonamides is 1. The second kappa shape index (κ2) is 10.1. The molecule has 8 nitrogen and oxygen atoms in total. The van der Waals surface area contributed by atoms with Crippen LogP contribution in [0.3, 0.4) is 0 Å². The van der Waals surface area contributed by atoms with E-state index in [0.29, 0.717) is 5.69 Å². The van der Waals surface area contributed by atoms with Gasteiger partial charge in [0.1, 0.15) is 6.04 Å². The van der Waals surface area contributed by atoms with Crippen LogP contribution in [0, 0.1) is 3.57 Å². The summed E-state index contributed by atoms with van der Waals surface area (Å²) in [5.41, 5.74) is 0.399. The molecule has 178 valence electrons. The lowest BCUT2D eigenvalue weighted by Crippen LogP contribution is -2.49. The minimum absolute atomic E-state index is 0.0186. The number of imide groups is 1. The van der Waals surface area contributed by atoms with Crippen LogP contribution in [0.4, 0.5) is 5.69 Å². The minimum Gasteiger partial charge on any atom is -0.354 e. The zero-order valence-corrected chi connectivity index (χ0v) is 21.5. The molecule has 1 atom stereocenters. The summed E-state index contributed by atoms with van der Waals surface area (Å²) in [5.74, 6) is -1.08. The average molecular weight is 594 g/mol. The van der Waals surface area contributed by atoms with Crippen molar-refractivity contribution in [1.82, 2.24) is 4.31 Å². The third-order valence-corrected chi connectivity index (χ3v) is 8.33. The molecular weight excluding hydrogens is 571 g/mol. The first-order chi connectivity index (χ1) is 16.3. The van der Waals surface area contributed by atoms with E-state index in [1.54, 1.807) is 36.4 Å². The number of hydrogen-bond acceptors (Lipinski definition) is 6. The number of halogens is 1. The van der Waals surface area contributed by atoms with E-state index < -0.39 is 34.2 Å². The molecule has 1 heterocycles. The number of fused-ring (bicyclic) bond motifs is 1. The Bertz CT molecular complexity index is 1320. The Morgan fingerprint density at radius 1 is 1.00 bits per heavy atom. The molecule has 0 aromatic heterocycles. The zero-order valence-electron chi connectivity index (χ0n) is 18.5. The second-order valence-electron chi connectivity index (χ2n) is 7.75. The van der Waals surface area contributed by atoms with Crippen molar-refractivity contribution in [2.75, 3.05) is 25.7 Å². The van der Waals surface area contributed by atoms with Crippen molar-refractivity contribution in [2.24, 2.45) is 0 Å². The molecule has 3 aromatic carbocycles. The van der Waals surface area contributed by atoms with E-state index in [1.165, 1.54) is 20.3 Å². The summed E-state index contributed by atoms with van der Waals surface area (Å²) in [6.07, 6.45) is -1.21. The molecule has 2 amide bonds. The Balaban J connectivity index is 1.75. The fraction of sp³-hybridized carbons (Fsp3) is 0.250. The summed E-state index contributed by atoms with van der Waals surface area (Å²) in [5, 5.41) is 1.63. The Morgan fingerprint density at radius 2 is 1.65 bits per heavy atom. The molecule has 4 rings (SSSR count). The number of hydrogen-bond donors (Lipinski definition) is 0. The highest BCUT2D eigenvalue weighted by molar-refractivity contribution is 14.1. The molecule has 0 aliphatic carbocycles. The lowest BCUT2D eigenvalue weighted by atomic mass is 10.1. The van der Waals surface area contributed by atoms with Gasteiger partial charge in [0.05, 0.1) is 23.5 Å². The highest BCUT2D eigenvalue weighted by atomic mass is 127. The zero-order chi connectivity index (χ0) is 24.5. The highest BCUT2D eigenvalue weighted by Gasteiger charge is 2.47. The van der Waals surface area contributed by atoms with Gasteiger partial charge in [0.15, 0.2) is 6.29 Å². The summed E-state index contributed by atoms with van der Waals surface area (Å²) in [6.45, 7) is -0.258. The second-order valence-corrected chi connectivity index (χ2v) is 10.9. The van der Waals surface area contributed by atoms with E-state index >= 15 is 0 Å². The van der Waals surface area contributed by atoms with Crippen molar-refractivity contribution in [3.8, 4) is 0 Å². The van der Waals surface area contributed by atoms with Gasteiger partial charge in [0, 0.05) is 17.8 Å². The molecule has 0 radical (unpaired) electrons. The first kappa shape index (κ1) is 24.7. The van der Waals surface area contributed by atoms with E-state index in [4.69, 9.17) is 9.47 Å². The standard InChI is InChI=1S/C24H23IN2O6S/c1-32-23(33-2)15-26(34(30,31)20-12-7-16-5-3-4-6-17(16)13-20)21-14-22(28)27(24(21)29)19-10-8-18(25)9-11-19/h3-13,21,23H,14-15H2,1-2H3. The molecule has 10 heteroatoms. The van der Waals surface area contributed by atoms with Gasteiger partial charge < -0.3 is 9.47 Å². The maximum absolute atomic E-state index is 13.8. The van der Waals surface area contributed by atoms with E-state index in [2.05, 4.69) is 22.6 Å². The first-order valence-corrected chi connectivity index (χ1v) is 13.0. The van der Waals surface area contributed by atoms with E-state index in [9.17, 15) is 18.0 Å². The molecule has 1 fully saturated rings. The Morgan fingerprint density at radius 3 is 2.29 bits per heavy atom. The lowest BCUT2D eigenvalue weighted by Gasteiger charge is -2.29. The van der Waals surface area contributed by atoms with Crippen molar-refractivity contribution >= 4 is 60.9 Å². The van der Waals surface area contributed by atoms with Gasteiger partial charge in [-0.2, -0.15) is 4.31 Å². The first-order valence-electron chi connectivity index (χ1n) is 10.4. The number of benzene rings is 3. The Kier molecular flexibility index (Phi) is 7.33. The van der Waals surface area contributed by atoms with Crippen LogP contribution in [0.2, 0.25) is 0 Å². The number of amides is 2. The monoisotopic (exact) mass is 594 g/mol. The van der Waals surface area contributed by atoms with Crippen LogP contribution in [0.5, 0.6) is 0 Å². The Labute approximate surface area is 211 Å². The largest absolute Gasteiger partial charge is 0.354 e. The Hall–Kier alpha value is -2.38. The van der Waals surface area contributed by atoms with Gasteiger partial charge in [0.2, 0.25) is 15.9 Å². The van der Waals surface area contributed by atoms with Crippen molar-refractivity contribution in [2.45, 2.75) is 23.6 Å². The van der Waals surface area contributed by atoms with Crippen LogP contribution >= 0.6 is 22.6 Å². The number of carbonyl (C=O) groups is 2. The normalized spacial score (nSPS) is 16.9. The third-order valence-electron chi connectivity index (χ3n) is 5.74. The predicted octanol–water partition coefficient (Wildman–Crippen LogP) is 3.39. The lowest BCUT2D eigenvalue weighted by molar-refractivity contribution is -0.125. The summed E-state index contributed by atoms with van der Waals surface area (Å²) in [6, 6.07) is 17.8. The number of carbonyl (C=O) groups excluding carboxylic acids is 2.